The Kier molecular flexibility index (Phi) is 4.18. The van der Waals surface area contributed by atoms with Crippen LogP contribution >= 0.6 is 0 Å². The molecule has 0 aliphatic heterocycles. The van der Waals surface area contributed by atoms with Gasteiger partial charge in [-0.2, -0.15) is 0 Å². The third kappa shape index (κ3) is 3.31. The van der Waals surface area contributed by atoms with E-state index in [2.05, 4.69) is 0 Å². The summed E-state index contributed by atoms with van der Waals surface area (Å²) in [4.78, 5) is 21.5. The average Bonchev–Trinajstić information content (AvgIpc) is 3.32. The van der Waals surface area contributed by atoms with E-state index in [0.717, 1.165) is 28.7 Å². The maximum atomic E-state index is 11.6. The van der Waals surface area contributed by atoms with E-state index in [-0.39, 0.29) is 5.56 Å². The molecular weight excluding hydrogens is 294 g/mol. The minimum absolute atomic E-state index is 0.0391. The molecule has 0 spiro atoms. The molecule has 115 valence electrons. The van der Waals surface area contributed by atoms with Crippen molar-refractivity contribution in [3.05, 3.63) is 46.9 Å². The summed E-state index contributed by atoms with van der Waals surface area (Å²) in [6, 6.07) is 9.22. The Hall–Kier alpha value is -1.85. The molecule has 1 fully saturated rings. The second-order valence-corrected chi connectivity index (χ2v) is 7.67. The van der Waals surface area contributed by atoms with E-state index in [9.17, 15) is 9.59 Å². The number of aromatic nitrogens is 1. The molecule has 1 aliphatic carbocycles. The lowest BCUT2D eigenvalue weighted by Gasteiger charge is -2.14. The Labute approximate surface area is 131 Å². The van der Waals surface area contributed by atoms with Gasteiger partial charge in [0.1, 0.15) is 5.75 Å². The van der Waals surface area contributed by atoms with Crippen LogP contribution in [0.15, 0.2) is 41.3 Å². The smallest absolute Gasteiger partial charge is 0.250 e. The minimum Gasteiger partial charge on any atom is -0.493 e. The van der Waals surface area contributed by atoms with Crippen LogP contribution in [0.1, 0.15) is 12.8 Å². The van der Waals surface area contributed by atoms with Gasteiger partial charge in [-0.25, -0.2) is 0 Å². The van der Waals surface area contributed by atoms with Gasteiger partial charge in [-0.05, 0) is 48.7 Å². The molecule has 0 saturated heterocycles. The summed E-state index contributed by atoms with van der Waals surface area (Å²) in [7, 11) is 0.219. The van der Waals surface area contributed by atoms with Crippen molar-refractivity contribution in [1.82, 2.24) is 4.57 Å². The fraction of sp³-hybridized carbons (Fsp3) is 0.353. The Balaban J connectivity index is 2.01. The van der Waals surface area contributed by atoms with E-state index in [1.54, 1.807) is 17.7 Å². The van der Waals surface area contributed by atoms with Crippen LogP contribution in [0.5, 0.6) is 5.75 Å². The zero-order valence-electron chi connectivity index (χ0n) is 12.9. The lowest BCUT2D eigenvalue weighted by molar-refractivity contribution is 0.301. The first-order valence-corrected chi connectivity index (χ1v) is 9.46. The van der Waals surface area contributed by atoms with Crippen LogP contribution in [-0.4, -0.2) is 25.0 Å². The summed E-state index contributed by atoms with van der Waals surface area (Å²) < 4.78 is 7.52. The second-order valence-electron chi connectivity index (χ2n) is 5.92. The maximum Gasteiger partial charge on any atom is 0.250 e. The van der Waals surface area contributed by atoms with Crippen molar-refractivity contribution in [2.24, 2.45) is 13.0 Å². The number of hydrogen-bond acceptors (Lipinski definition) is 3. The number of aryl methyl sites for hydroxylation is 1. The van der Waals surface area contributed by atoms with Crippen LogP contribution in [0.2, 0.25) is 6.55 Å². The first kappa shape index (κ1) is 15.1. The molecule has 5 heteroatoms. The fourth-order valence-electron chi connectivity index (χ4n) is 2.35. The monoisotopic (exact) mass is 314 g/mol. The van der Waals surface area contributed by atoms with E-state index in [4.69, 9.17) is 4.74 Å². The molecule has 1 saturated carbocycles. The van der Waals surface area contributed by atoms with Crippen LogP contribution in [0, 0.1) is 5.92 Å². The highest BCUT2D eigenvalue weighted by molar-refractivity contribution is 6.64. The molecule has 1 radical (unpaired) electrons. The van der Waals surface area contributed by atoms with Crippen molar-refractivity contribution < 1.29 is 9.53 Å². The van der Waals surface area contributed by atoms with Gasteiger partial charge in [0.25, 0.3) is 0 Å². The van der Waals surface area contributed by atoms with Gasteiger partial charge in [-0.3, -0.25) is 4.79 Å². The predicted octanol–water partition coefficient (Wildman–Crippen LogP) is 1.66. The van der Waals surface area contributed by atoms with Gasteiger partial charge in [0.2, 0.25) is 14.6 Å². The van der Waals surface area contributed by atoms with Crippen molar-refractivity contribution in [3.8, 4) is 16.9 Å². The molecule has 1 aromatic carbocycles. The van der Waals surface area contributed by atoms with Gasteiger partial charge in [0.05, 0.1) is 6.61 Å². The van der Waals surface area contributed by atoms with E-state index in [1.807, 2.05) is 37.0 Å². The highest BCUT2D eigenvalue weighted by atomic mass is 28.3. The van der Waals surface area contributed by atoms with E-state index < -0.39 is 9.04 Å². The Bertz CT molecular complexity index is 735. The van der Waals surface area contributed by atoms with Crippen LogP contribution in [-0.2, 0) is 7.05 Å². The molecule has 1 heterocycles. The van der Waals surface area contributed by atoms with Crippen LogP contribution in [0.4, 0.5) is 0 Å². The molecular formula is C17H20NO3Si. The number of hydrogen-bond donors (Lipinski definition) is 1. The molecule has 2 aromatic rings. The molecule has 0 atom stereocenters. The van der Waals surface area contributed by atoms with Gasteiger partial charge in [0, 0.05) is 30.4 Å². The standard InChI is InChI=1S/C17H20NO3Si/c1-18-10-13(5-8-17(18)19)15-9-14(22(2)20)6-7-16(15)21-11-12-3-4-12/h5-10,12,20H,3-4,11H2,1-2H3. The van der Waals surface area contributed by atoms with Crippen molar-refractivity contribution in [2.75, 3.05) is 6.61 Å². The first-order valence-electron chi connectivity index (χ1n) is 7.51. The number of rotatable bonds is 5. The Morgan fingerprint density at radius 2 is 2.09 bits per heavy atom. The van der Waals surface area contributed by atoms with Gasteiger partial charge in [0.15, 0.2) is 0 Å². The number of pyridine rings is 1. The third-order valence-electron chi connectivity index (χ3n) is 3.97. The molecule has 0 amide bonds. The molecule has 3 rings (SSSR count). The minimum atomic E-state index is -1.52. The quantitative estimate of drug-likeness (QED) is 0.854. The molecule has 22 heavy (non-hydrogen) atoms. The molecule has 4 nitrogen and oxygen atoms in total. The van der Waals surface area contributed by atoms with Crippen LogP contribution in [0.25, 0.3) is 11.1 Å². The normalized spacial score (nSPS) is 14.4. The highest BCUT2D eigenvalue weighted by Crippen LogP contribution is 2.33. The summed E-state index contributed by atoms with van der Waals surface area (Å²) in [5, 5.41) is 0.938. The largest absolute Gasteiger partial charge is 0.493 e. The van der Waals surface area contributed by atoms with Gasteiger partial charge in [-0.1, -0.05) is 6.07 Å². The number of ether oxygens (including phenoxy) is 1. The summed E-state index contributed by atoms with van der Waals surface area (Å²) in [6.07, 6.45) is 4.29. The Morgan fingerprint density at radius 1 is 1.32 bits per heavy atom. The number of nitrogens with zero attached hydrogens (tertiary/aromatic N) is 1. The molecule has 0 bridgehead atoms. The van der Waals surface area contributed by atoms with Crippen molar-refractivity contribution >= 4 is 14.2 Å². The van der Waals surface area contributed by atoms with E-state index in [1.165, 1.54) is 12.8 Å². The van der Waals surface area contributed by atoms with Gasteiger partial charge >= 0.3 is 0 Å². The summed E-state index contributed by atoms with van der Waals surface area (Å²) >= 11 is 0. The molecule has 1 N–H and O–H groups in total. The first-order chi connectivity index (χ1) is 10.5. The Morgan fingerprint density at radius 3 is 2.73 bits per heavy atom. The molecule has 1 aromatic heterocycles. The highest BCUT2D eigenvalue weighted by Gasteiger charge is 2.22. The van der Waals surface area contributed by atoms with E-state index >= 15 is 0 Å². The summed E-state index contributed by atoms with van der Waals surface area (Å²) in [6.45, 7) is 2.58. The second kappa shape index (κ2) is 6.10. The molecule has 0 unspecified atom stereocenters. The van der Waals surface area contributed by atoms with Crippen LogP contribution < -0.4 is 15.5 Å². The molecule has 1 aliphatic rings. The summed E-state index contributed by atoms with van der Waals surface area (Å²) in [5.41, 5.74) is 1.83. The average molecular weight is 314 g/mol. The topological polar surface area (TPSA) is 51.5 Å². The van der Waals surface area contributed by atoms with Crippen molar-refractivity contribution in [2.45, 2.75) is 19.4 Å². The van der Waals surface area contributed by atoms with Gasteiger partial charge in [-0.15, -0.1) is 0 Å². The summed E-state index contributed by atoms with van der Waals surface area (Å²) in [5.74, 6) is 1.49. The zero-order valence-corrected chi connectivity index (χ0v) is 13.9. The SMILES string of the molecule is Cn1cc(-c2cc([Si](C)O)ccc2OCC2CC2)ccc1=O. The van der Waals surface area contributed by atoms with E-state index in [0.29, 0.717) is 5.92 Å². The maximum absolute atomic E-state index is 11.6. The van der Waals surface area contributed by atoms with Gasteiger partial charge < -0.3 is 14.1 Å². The third-order valence-corrected chi connectivity index (χ3v) is 5.11. The zero-order chi connectivity index (χ0) is 15.7. The number of benzene rings is 1. The van der Waals surface area contributed by atoms with Crippen molar-refractivity contribution in [1.29, 1.82) is 0 Å². The van der Waals surface area contributed by atoms with Crippen molar-refractivity contribution in [3.63, 3.8) is 0 Å². The lowest BCUT2D eigenvalue weighted by atomic mass is 10.1. The van der Waals surface area contributed by atoms with Crippen LogP contribution in [0.3, 0.4) is 0 Å². The fourth-order valence-corrected chi connectivity index (χ4v) is 3.03. The predicted molar refractivity (Wildman–Crippen MR) is 88.8 cm³/mol. The lowest BCUT2D eigenvalue weighted by Crippen LogP contribution is -2.26.